The molecular formula is C31H42F3N5O4. The van der Waals surface area contributed by atoms with E-state index in [0.717, 1.165) is 68.7 Å². The molecule has 2 aromatic carbocycles. The van der Waals surface area contributed by atoms with Crippen molar-refractivity contribution < 1.29 is 37.1 Å². The number of alkyl halides is 3. The maximum absolute atomic E-state index is 12.9. The first kappa shape index (κ1) is 33.9. The second kappa shape index (κ2) is 14.2. The minimum absolute atomic E-state index is 0.0960. The smallest absolute Gasteiger partial charge is 0.430 e. The van der Waals surface area contributed by atoms with Crippen LogP contribution in [0.4, 0.5) is 18.9 Å². The SMILES string of the molecule is CC(C)(C)OC(=O)C[N@+]1(Cc2ccccc2)CC[C@@H](N2CCN(c3ccc(C(=N)N)cc3)CC2)CC1.O=C([O-])C(F)(F)F. The fourth-order valence-electron chi connectivity index (χ4n) is 5.65. The second-order valence-corrected chi connectivity index (χ2v) is 12.2. The molecule has 2 fully saturated rings. The van der Waals surface area contributed by atoms with E-state index in [1.807, 2.05) is 39.0 Å². The van der Waals surface area contributed by atoms with E-state index in [9.17, 15) is 18.0 Å². The number of nitrogens with two attached hydrogens (primary N) is 1. The maximum atomic E-state index is 12.9. The predicted molar refractivity (Wildman–Crippen MR) is 156 cm³/mol. The minimum atomic E-state index is -5.19. The quantitative estimate of drug-likeness (QED) is 0.215. The molecule has 4 rings (SSSR count). The first-order valence-electron chi connectivity index (χ1n) is 14.4. The summed E-state index contributed by atoms with van der Waals surface area (Å²) in [7, 11) is 0. The molecule has 0 bridgehead atoms. The normalized spacial score (nSPS) is 21.3. The van der Waals surface area contributed by atoms with Gasteiger partial charge in [-0.05, 0) is 45.0 Å². The van der Waals surface area contributed by atoms with Gasteiger partial charge in [0.15, 0.2) is 6.54 Å². The molecule has 236 valence electrons. The Balaban J connectivity index is 0.000000646. The van der Waals surface area contributed by atoms with Crippen LogP contribution in [0.5, 0.6) is 0 Å². The number of carboxylic acid groups (broad SMARTS) is 1. The fourth-order valence-corrected chi connectivity index (χ4v) is 5.65. The Bertz CT molecular complexity index is 1220. The Kier molecular flexibility index (Phi) is 11.2. The van der Waals surface area contributed by atoms with Crippen LogP contribution in [0.25, 0.3) is 0 Å². The van der Waals surface area contributed by atoms with E-state index in [4.69, 9.17) is 25.8 Å². The first-order valence-corrected chi connectivity index (χ1v) is 14.4. The van der Waals surface area contributed by atoms with E-state index >= 15 is 0 Å². The van der Waals surface area contributed by atoms with E-state index in [-0.39, 0.29) is 11.8 Å². The van der Waals surface area contributed by atoms with Crippen molar-refractivity contribution in [2.45, 2.75) is 58.0 Å². The number of anilines is 1. The minimum Gasteiger partial charge on any atom is -0.542 e. The molecule has 2 aliphatic heterocycles. The molecule has 3 N–H and O–H groups in total. The average molecular weight is 606 g/mol. The number of rotatable bonds is 7. The Morgan fingerprint density at radius 2 is 1.51 bits per heavy atom. The number of nitrogens with zero attached hydrogens (tertiary/aromatic N) is 3. The molecule has 2 aliphatic rings. The summed E-state index contributed by atoms with van der Waals surface area (Å²) in [5.74, 6) is -2.99. The lowest BCUT2D eigenvalue weighted by Gasteiger charge is -2.47. The number of piperazine rings is 1. The molecule has 0 saturated carbocycles. The number of aliphatic carboxylic acids is 1. The summed E-state index contributed by atoms with van der Waals surface area (Å²) >= 11 is 0. The van der Waals surface area contributed by atoms with E-state index in [1.54, 1.807) is 0 Å². The molecule has 2 heterocycles. The number of amidine groups is 1. The molecular weight excluding hydrogens is 563 g/mol. The van der Waals surface area contributed by atoms with Crippen molar-refractivity contribution in [1.82, 2.24) is 4.90 Å². The van der Waals surface area contributed by atoms with Crippen molar-refractivity contribution in [3.8, 4) is 0 Å². The van der Waals surface area contributed by atoms with Gasteiger partial charge in [-0.1, -0.05) is 30.3 Å². The lowest BCUT2D eigenvalue weighted by Crippen LogP contribution is -2.60. The van der Waals surface area contributed by atoms with Gasteiger partial charge < -0.3 is 29.8 Å². The van der Waals surface area contributed by atoms with Gasteiger partial charge in [-0.15, -0.1) is 0 Å². The van der Waals surface area contributed by atoms with Crippen LogP contribution >= 0.6 is 0 Å². The molecule has 0 atom stereocenters. The Morgan fingerprint density at radius 3 is 1.98 bits per heavy atom. The average Bonchev–Trinajstić information content (AvgIpc) is 2.93. The summed E-state index contributed by atoms with van der Waals surface area (Å²) in [6, 6.07) is 19.1. The number of piperidine rings is 1. The van der Waals surface area contributed by atoms with Gasteiger partial charge in [-0.2, -0.15) is 13.2 Å². The lowest BCUT2D eigenvalue weighted by molar-refractivity contribution is -0.939. The predicted octanol–water partition coefficient (Wildman–Crippen LogP) is 2.91. The van der Waals surface area contributed by atoms with E-state index in [0.29, 0.717) is 12.6 Å². The molecule has 12 heteroatoms. The fraction of sp³-hybridized carbons (Fsp3) is 0.516. The molecule has 0 amide bonds. The van der Waals surface area contributed by atoms with Gasteiger partial charge in [0.05, 0.1) is 13.1 Å². The van der Waals surface area contributed by atoms with Crippen LogP contribution in [0.1, 0.15) is 44.7 Å². The summed E-state index contributed by atoms with van der Waals surface area (Å²) in [5, 5.41) is 16.4. The molecule has 0 aliphatic carbocycles. The van der Waals surface area contributed by atoms with Gasteiger partial charge in [-0.25, -0.2) is 4.79 Å². The van der Waals surface area contributed by atoms with Crippen LogP contribution in [0.2, 0.25) is 0 Å². The highest BCUT2D eigenvalue weighted by molar-refractivity contribution is 5.95. The molecule has 0 spiro atoms. The topological polar surface area (TPSA) is 123 Å². The number of esters is 1. The van der Waals surface area contributed by atoms with Crippen LogP contribution in [-0.2, 0) is 20.9 Å². The maximum Gasteiger partial charge on any atom is 0.430 e. The van der Waals surface area contributed by atoms with Crippen LogP contribution in [-0.4, -0.2) is 90.8 Å². The van der Waals surface area contributed by atoms with Crippen molar-refractivity contribution in [2.24, 2.45) is 5.73 Å². The third-order valence-electron chi connectivity index (χ3n) is 7.72. The van der Waals surface area contributed by atoms with E-state index in [2.05, 4.69) is 46.2 Å². The standard InChI is InChI=1S/C29H42N5O2.C2HF3O2/c1-29(2,3)36-27(35)22-34(21-23-7-5-4-6-8-23)19-13-26(14-20-34)33-17-15-32(16-18-33)25-11-9-24(10-12-25)28(30)31;3-2(4,5)1(6)7/h4-12,26H,13-22H2,1-3H3,(H3,30,31);(H,6,7)/q+1;/p-1/t26-,34-;. The molecule has 2 saturated heterocycles. The number of likely N-dealkylation sites (tertiary alicyclic amines) is 1. The Hall–Kier alpha value is -3.64. The summed E-state index contributed by atoms with van der Waals surface area (Å²) in [6.45, 7) is 13.2. The zero-order valence-electron chi connectivity index (χ0n) is 25.0. The molecule has 0 aromatic heterocycles. The van der Waals surface area contributed by atoms with Crippen molar-refractivity contribution in [3.05, 3.63) is 65.7 Å². The highest BCUT2D eigenvalue weighted by Gasteiger charge is 2.39. The van der Waals surface area contributed by atoms with Gasteiger partial charge in [0.25, 0.3) is 0 Å². The second-order valence-electron chi connectivity index (χ2n) is 12.2. The van der Waals surface area contributed by atoms with Crippen LogP contribution in [0.15, 0.2) is 54.6 Å². The number of benzene rings is 2. The van der Waals surface area contributed by atoms with Crippen LogP contribution < -0.4 is 15.7 Å². The molecule has 43 heavy (non-hydrogen) atoms. The van der Waals surface area contributed by atoms with Gasteiger partial charge in [0.1, 0.15) is 24.0 Å². The summed E-state index contributed by atoms with van der Waals surface area (Å²) in [4.78, 5) is 26.7. The van der Waals surface area contributed by atoms with Crippen molar-refractivity contribution in [1.29, 1.82) is 5.41 Å². The first-order chi connectivity index (χ1) is 20.1. The zero-order chi connectivity index (χ0) is 31.8. The largest absolute Gasteiger partial charge is 0.542 e. The van der Waals surface area contributed by atoms with Gasteiger partial charge in [-0.3, -0.25) is 10.3 Å². The number of carboxylic acids is 1. The highest BCUT2D eigenvalue weighted by Crippen LogP contribution is 2.28. The lowest BCUT2D eigenvalue weighted by atomic mass is 9.98. The number of carbonyl (C=O) groups is 2. The monoisotopic (exact) mass is 605 g/mol. The highest BCUT2D eigenvalue weighted by atomic mass is 19.4. The summed E-state index contributed by atoms with van der Waals surface area (Å²) in [5.41, 5.74) is 8.38. The van der Waals surface area contributed by atoms with Crippen LogP contribution in [0, 0.1) is 5.41 Å². The summed E-state index contributed by atoms with van der Waals surface area (Å²) < 4.78 is 38.1. The van der Waals surface area contributed by atoms with Crippen molar-refractivity contribution >= 4 is 23.5 Å². The number of nitrogen functional groups attached to an aromatic ring is 1. The number of nitrogens with one attached hydrogen (secondary N) is 1. The van der Waals surface area contributed by atoms with Gasteiger partial charge in [0.2, 0.25) is 0 Å². The number of quaternary nitrogens is 1. The molecule has 0 unspecified atom stereocenters. The van der Waals surface area contributed by atoms with Gasteiger partial charge in [0, 0.05) is 61.9 Å². The molecule has 2 aromatic rings. The number of ether oxygens (including phenoxy) is 1. The zero-order valence-corrected chi connectivity index (χ0v) is 25.0. The molecule has 9 nitrogen and oxygen atoms in total. The van der Waals surface area contributed by atoms with Crippen molar-refractivity contribution in [3.63, 3.8) is 0 Å². The van der Waals surface area contributed by atoms with E-state index in [1.165, 1.54) is 11.3 Å². The Morgan fingerprint density at radius 1 is 0.977 bits per heavy atom. The number of carbonyl (C=O) groups excluding carboxylic acids is 2. The number of hydrogen-bond donors (Lipinski definition) is 2. The third-order valence-corrected chi connectivity index (χ3v) is 7.72. The van der Waals surface area contributed by atoms with Gasteiger partial charge >= 0.3 is 12.1 Å². The summed E-state index contributed by atoms with van der Waals surface area (Å²) in [6.07, 6.45) is -2.99. The number of hydrogen-bond acceptors (Lipinski definition) is 7. The number of halogens is 3. The molecule has 0 radical (unpaired) electrons. The third kappa shape index (κ3) is 10.5. The van der Waals surface area contributed by atoms with Crippen molar-refractivity contribution in [2.75, 3.05) is 50.7 Å². The Labute approximate surface area is 251 Å². The van der Waals surface area contributed by atoms with Crippen LogP contribution in [0.3, 0.4) is 0 Å². The van der Waals surface area contributed by atoms with E-state index < -0.39 is 17.7 Å².